The van der Waals surface area contributed by atoms with Crippen molar-refractivity contribution < 1.29 is 14.9 Å². The fourth-order valence-corrected chi connectivity index (χ4v) is 2.90. The van der Waals surface area contributed by atoms with Crippen LogP contribution in [0.3, 0.4) is 0 Å². The molecule has 0 spiro atoms. The average Bonchev–Trinajstić information content (AvgIpc) is 2.89. The number of fused-ring (bicyclic) bond motifs is 1. The second kappa shape index (κ2) is 4.98. The first kappa shape index (κ1) is 14.3. The summed E-state index contributed by atoms with van der Waals surface area (Å²) in [5.74, 6) is 0.435. The van der Waals surface area contributed by atoms with Crippen molar-refractivity contribution in [1.82, 2.24) is 19.5 Å². The first-order valence-corrected chi connectivity index (χ1v) is 6.82. The monoisotopic (exact) mass is 313 g/mol. The SMILES string of the molecule is Cc1nc2c(=O)[nH]c(N)nc2n1[C@@H]1O[C@H](CO)[C@@H](O)[C@H]1S. The molecule has 114 valence electrons. The zero-order valence-corrected chi connectivity index (χ0v) is 12.0. The van der Waals surface area contributed by atoms with Gasteiger partial charge >= 0.3 is 0 Å². The van der Waals surface area contributed by atoms with Crippen LogP contribution in [0, 0.1) is 6.92 Å². The highest BCUT2D eigenvalue weighted by Gasteiger charge is 2.43. The van der Waals surface area contributed by atoms with Crippen molar-refractivity contribution in [2.75, 3.05) is 12.3 Å². The molecule has 0 unspecified atom stereocenters. The van der Waals surface area contributed by atoms with Crippen molar-refractivity contribution >= 4 is 29.7 Å². The minimum atomic E-state index is -0.945. The zero-order chi connectivity index (χ0) is 15.3. The van der Waals surface area contributed by atoms with Crippen LogP contribution >= 0.6 is 12.6 Å². The maximum absolute atomic E-state index is 11.8. The maximum atomic E-state index is 11.8. The number of nitrogens with two attached hydrogens (primary N) is 1. The third-order valence-corrected chi connectivity index (χ3v) is 4.08. The van der Waals surface area contributed by atoms with Crippen LogP contribution < -0.4 is 11.3 Å². The van der Waals surface area contributed by atoms with Gasteiger partial charge in [0.1, 0.15) is 11.9 Å². The van der Waals surface area contributed by atoms with Gasteiger partial charge in [-0.3, -0.25) is 14.3 Å². The van der Waals surface area contributed by atoms with E-state index in [0.717, 1.165) is 0 Å². The predicted molar refractivity (Wildman–Crippen MR) is 77.1 cm³/mol. The highest BCUT2D eigenvalue weighted by molar-refractivity contribution is 7.81. The minimum Gasteiger partial charge on any atom is -0.394 e. The quantitative estimate of drug-likeness (QED) is 0.428. The lowest BCUT2D eigenvalue weighted by molar-refractivity contribution is -0.0436. The van der Waals surface area contributed by atoms with Crippen LogP contribution in [-0.4, -0.2) is 53.8 Å². The van der Waals surface area contributed by atoms with Crippen molar-refractivity contribution in [1.29, 1.82) is 0 Å². The number of rotatable bonds is 2. The van der Waals surface area contributed by atoms with E-state index >= 15 is 0 Å². The highest BCUT2D eigenvalue weighted by Crippen LogP contribution is 2.35. The van der Waals surface area contributed by atoms with Gasteiger partial charge in [-0.05, 0) is 6.92 Å². The molecular weight excluding hydrogens is 298 g/mol. The summed E-state index contributed by atoms with van der Waals surface area (Å²) < 4.78 is 7.15. The Morgan fingerprint density at radius 2 is 2.24 bits per heavy atom. The number of H-pyrrole nitrogens is 1. The third kappa shape index (κ3) is 2.11. The standard InChI is InChI=1S/C11H15N5O4S/c1-3-13-5-8(14-11(12)15-9(5)19)16(3)10-7(21)6(18)4(2-17)20-10/h4,6-7,10,17-18,21H,2H2,1H3,(H3,12,14,15,19)/t4-,6-,7-,10-/m1/s1. The summed E-state index contributed by atoms with van der Waals surface area (Å²) in [5.41, 5.74) is 5.49. The summed E-state index contributed by atoms with van der Waals surface area (Å²) in [6.07, 6.45) is -2.41. The smallest absolute Gasteiger partial charge is 0.280 e. The first-order valence-electron chi connectivity index (χ1n) is 6.30. The lowest BCUT2D eigenvalue weighted by Gasteiger charge is -2.18. The Hall–Kier alpha value is -1.62. The van der Waals surface area contributed by atoms with Crippen LogP contribution in [0.5, 0.6) is 0 Å². The van der Waals surface area contributed by atoms with Gasteiger partial charge in [0, 0.05) is 0 Å². The fourth-order valence-electron chi connectivity index (χ4n) is 2.51. The van der Waals surface area contributed by atoms with E-state index in [2.05, 4.69) is 27.6 Å². The molecule has 0 saturated carbocycles. The Morgan fingerprint density at radius 3 is 2.86 bits per heavy atom. The number of hydrogen-bond acceptors (Lipinski definition) is 8. The summed E-state index contributed by atoms with van der Waals surface area (Å²) in [5, 5.41) is 18.6. The van der Waals surface area contributed by atoms with Crippen molar-refractivity contribution in [2.24, 2.45) is 0 Å². The molecule has 10 heteroatoms. The highest BCUT2D eigenvalue weighted by atomic mass is 32.1. The number of nitrogens with zero attached hydrogens (tertiary/aromatic N) is 3. The number of aryl methyl sites for hydroxylation is 1. The van der Waals surface area contributed by atoms with Gasteiger partial charge in [-0.25, -0.2) is 4.98 Å². The van der Waals surface area contributed by atoms with Crippen LogP contribution in [0.4, 0.5) is 5.95 Å². The zero-order valence-electron chi connectivity index (χ0n) is 11.1. The van der Waals surface area contributed by atoms with Crippen LogP contribution in [0.25, 0.3) is 11.2 Å². The van der Waals surface area contributed by atoms with Crippen molar-refractivity contribution in [2.45, 2.75) is 30.6 Å². The molecule has 5 N–H and O–H groups in total. The molecule has 3 heterocycles. The van der Waals surface area contributed by atoms with E-state index in [9.17, 15) is 15.0 Å². The van der Waals surface area contributed by atoms with E-state index in [1.165, 1.54) is 0 Å². The number of hydrogen-bond donors (Lipinski definition) is 5. The molecular formula is C11H15N5O4S. The van der Waals surface area contributed by atoms with Gasteiger partial charge in [0.05, 0.1) is 18.0 Å². The van der Waals surface area contributed by atoms with Gasteiger partial charge in [-0.2, -0.15) is 17.6 Å². The van der Waals surface area contributed by atoms with Crippen LogP contribution in [-0.2, 0) is 4.74 Å². The van der Waals surface area contributed by atoms with Gasteiger partial charge in [0.2, 0.25) is 5.95 Å². The topological polar surface area (TPSA) is 139 Å². The molecule has 4 atom stereocenters. The largest absolute Gasteiger partial charge is 0.394 e. The molecule has 0 amide bonds. The van der Waals surface area contributed by atoms with Crippen LogP contribution in [0.1, 0.15) is 12.1 Å². The maximum Gasteiger partial charge on any atom is 0.280 e. The number of nitrogen functional groups attached to an aromatic ring is 1. The van der Waals surface area contributed by atoms with Crippen LogP contribution in [0.15, 0.2) is 4.79 Å². The molecule has 1 saturated heterocycles. The number of aromatic amines is 1. The summed E-state index contributed by atoms with van der Waals surface area (Å²) in [4.78, 5) is 22.4. The normalized spacial score (nSPS) is 29.3. The Kier molecular flexibility index (Phi) is 3.40. The number of thiol groups is 1. The molecule has 0 aromatic carbocycles. The van der Waals surface area contributed by atoms with Gasteiger partial charge in [0.15, 0.2) is 17.4 Å². The first-order chi connectivity index (χ1) is 9.93. The molecule has 0 bridgehead atoms. The molecule has 3 rings (SSSR count). The third-order valence-electron chi connectivity index (χ3n) is 3.52. The van der Waals surface area contributed by atoms with E-state index in [1.54, 1.807) is 11.5 Å². The van der Waals surface area contributed by atoms with E-state index in [4.69, 9.17) is 10.5 Å². The molecule has 0 radical (unpaired) electrons. The van der Waals surface area contributed by atoms with Crippen molar-refractivity contribution in [3.8, 4) is 0 Å². The molecule has 2 aromatic heterocycles. The molecule has 1 fully saturated rings. The van der Waals surface area contributed by atoms with E-state index in [1.807, 2.05) is 0 Å². The molecule has 2 aromatic rings. The minimum absolute atomic E-state index is 0.0402. The van der Waals surface area contributed by atoms with Gasteiger partial charge in [0.25, 0.3) is 5.56 Å². The molecule has 1 aliphatic rings. The summed E-state index contributed by atoms with van der Waals surface area (Å²) in [6.45, 7) is 1.34. The van der Waals surface area contributed by atoms with Gasteiger partial charge < -0.3 is 20.7 Å². The van der Waals surface area contributed by atoms with E-state index in [-0.39, 0.29) is 23.7 Å². The Balaban J connectivity index is 2.17. The molecule has 21 heavy (non-hydrogen) atoms. The number of imidazole rings is 1. The van der Waals surface area contributed by atoms with E-state index in [0.29, 0.717) is 5.82 Å². The Bertz CT molecular complexity index is 744. The Labute approximate surface area is 124 Å². The number of aliphatic hydroxyl groups excluding tert-OH is 2. The lowest BCUT2D eigenvalue weighted by Crippen LogP contribution is -2.30. The molecule has 0 aliphatic carbocycles. The second-order valence-corrected chi connectivity index (χ2v) is 5.48. The number of aromatic nitrogens is 4. The average molecular weight is 313 g/mol. The molecule has 9 nitrogen and oxygen atoms in total. The van der Waals surface area contributed by atoms with Gasteiger partial charge in [-0.1, -0.05) is 0 Å². The van der Waals surface area contributed by atoms with E-state index < -0.39 is 29.2 Å². The number of anilines is 1. The van der Waals surface area contributed by atoms with Gasteiger partial charge in [-0.15, -0.1) is 0 Å². The summed E-state index contributed by atoms with van der Waals surface area (Å²) in [7, 11) is 0. The van der Waals surface area contributed by atoms with Crippen LogP contribution in [0.2, 0.25) is 0 Å². The predicted octanol–water partition coefficient (Wildman–Crippen LogP) is -1.44. The molecule has 1 aliphatic heterocycles. The van der Waals surface area contributed by atoms with Crippen molar-refractivity contribution in [3.63, 3.8) is 0 Å². The number of ether oxygens (including phenoxy) is 1. The summed E-state index contributed by atoms with van der Waals surface area (Å²) in [6, 6.07) is 0. The lowest BCUT2D eigenvalue weighted by atomic mass is 10.2. The second-order valence-electron chi connectivity index (χ2n) is 4.88. The van der Waals surface area contributed by atoms with Crippen molar-refractivity contribution in [3.05, 3.63) is 16.2 Å². The number of nitrogens with one attached hydrogen (secondary N) is 1. The number of aliphatic hydroxyl groups is 2. The summed E-state index contributed by atoms with van der Waals surface area (Å²) >= 11 is 4.33. The fraction of sp³-hybridized carbons (Fsp3) is 0.545. The Morgan fingerprint density at radius 1 is 1.52 bits per heavy atom.